The van der Waals surface area contributed by atoms with Gasteiger partial charge in [0.15, 0.2) is 0 Å². The summed E-state index contributed by atoms with van der Waals surface area (Å²) >= 11 is 1.44. The number of anilines is 1. The maximum atomic E-state index is 12.3. The van der Waals surface area contributed by atoms with Crippen LogP contribution < -0.4 is 5.32 Å². The molecule has 0 atom stereocenters. The first-order valence-electron chi connectivity index (χ1n) is 6.42. The quantitative estimate of drug-likeness (QED) is 0.742. The predicted molar refractivity (Wildman–Crippen MR) is 83.1 cm³/mol. The van der Waals surface area contributed by atoms with Crippen molar-refractivity contribution in [1.29, 1.82) is 0 Å². The van der Waals surface area contributed by atoms with Gasteiger partial charge in [0.25, 0.3) is 5.91 Å². The molecule has 110 valence electrons. The van der Waals surface area contributed by atoms with Gasteiger partial charge < -0.3 is 5.32 Å². The second-order valence-electron chi connectivity index (χ2n) is 4.32. The molecule has 3 aromatic rings. The molecule has 2 heterocycles. The highest BCUT2D eigenvalue weighted by Crippen LogP contribution is 2.19. The van der Waals surface area contributed by atoms with Gasteiger partial charge in [0.2, 0.25) is 0 Å². The Kier molecular flexibility index (Phi) is 4.10. The molecule has 0 aliphatic rings. The average molecular weight is 312 g/mol. The molecule has 1 N–H and O–H groups in total. The minimum atomic E-state index is -0.187. The molecule has 0 fully saturated rings. The van der Waals surface area contributed by atoms with Gasteiger partial charge in [-0.25, -0.2) is 9.67 Å². The summed E-state index contributed by atoms with van der Waals surface area (Å²) in [5.74, 6) is -0.187. The van der Waals surface area contributed by atoms with Crippen LogP contribution in [0.1, 0.15) is 10.4 Å². The summed E-state index contributed by atoms with van der Waals surface area (Å²) in [6, 6.07) is 10.7. The second kappa shape index (κ2) is 6.35. The third-order valence-electron chi connectivity index (χ3n) is 2.95. The van der Waals surface area contributed by atoms with Crippen molar-refractivity contribution in [3.05, 3.63) is 54.5 Å². The summed E-state index contributed by atoms with van der Waals surface area (Å²) in [6.45, 7) is 0. The molecule has 1 amide bonds. The zero-order valence-corrected chi connectivity index (χ0v) is 12.5. The molecule has 8 heteroatoms. The lowest BCUT2D eigenvalue weighted by Gasteiger charge is -2.08. The fourth-order valence-corrected chi connectivity index (χ4v) is 2.45. The molecular formula is C14H12N6OS. The van der Waals surface area contributed by atoms with Gasteiger partial charge in [-0.3, -0.25) is 4.79 Å². The molecule has 0 bridgehead atoms. The largest absolute Gasteiger partial charge is 0.322 e. The van der Waals surface area contributed by atoms with E-state index < -0.39 is 0 Å². The Morgan fingerprint density at radius 1 is 1.23 bits per heavy atom. The molecule has 1 aromatic carbocycles. The topological polar surface area (TPSA) is 85.6 Å². The van der Waals surface area contributed by atoms with Crippen molar-refractivity contribution in [2.24, 2.45) is 0 Å². The van der Waals surface area contributed by atoms with E-state index in [2.05, 4.69) is 25.8 Å². The van der Waals surface area contributed by atoms with Crippen LogP contribution in [0.5, 0.6) is 0 Å². The number of nitrogens with one attached hydrogen (secondary N) is 1. The van der Waals surface area contributed by atoms with Crippen molar-refractivity contribution in [1.82, 2.24) is 25.2 Å². The van der Waals surface area contributed by atoms with E-state index in [-0.39, 0.29) is 5.91 Å². The van der Waals surface area contributed by atoms with Gasteiger partial charge in [0, 0.05) is 11.9 Å². The van der Waals surface area contributed by atoms with Crippen LogP contribution in [0, 0.1) is 0 Å². The standard InChI is InChI=1S/C14H12N6OS/c1-22-14-12(3-2-8-15-14)13(21)17-10-4-6-11(7-5-10)20-9-16-18-19-20/h2-9H,1H3,(H,17,21). The van der Waals surface area contributed by atoms with E-state index in [1.54, 1.807) is 35.1 Å². The van der Waals surface area contributed by atoms with Gasteiger partial charge in [0.05, 0.1) is 11.3 Å². The number of thioether (sulfide) groups is 1. The molecule has 2 aromatic heterocycles. The smallest absolute Gasteiger partial charge is 0.258 e. The fourth-order valence-electron chi connectivity index (χ4n) is 1.90. The Morgan fingerprint density at radius 2 is 2.05 bits per heavy atom. The number of nitrogens with zero attached hydrogens (tertiary/aromatic N) is 5. The van der Waals surface area contributed by atoms with Crippen molar-refractivity contribution in [2.45, 2.75) is 5.03 Å². The first-order valence-corrected chi connectivity index (χ1v) is 7.64. The third-order valence-corrected chi connectivity index (χ3v) is 3.66. The number of tetrazole rings is 1. The monoisotopic (exact) mass is 312 g/mol. The number of amides is 1. The molecule has 0 saturated carbocycles. The highest BCUT2D eigenvalue weighted by Gasteiger charge is 2.11. The van der Waals surface area contributed by atoms with Crippen LogP contribution >= 0.6 is 11.8 Å². The number of benzene rings is 1. The van der Waals surface area contributed by atoms with Gasteiger partial charge in [-0.1, -0.05) is 0 Å². The van der Waals surface area contributed by atoms with Crippen LogP contribution in [0.15, 0.2) is 53.9 Å². The molecule has 22 heavy (non-hydrogen) atoms. The molecule has 0 radical (unpaired) electrons. The van der Waals surface area contributed by atoms with Gasteiger partial charge in [-0.15, -0.1) is 16.9 Å². The van der Waals surface area contributed by atoms with Crippen LogP contribution in [0.25, 0.3) is 5.69 Å². The van der Waals surface area contributed by atoms with Gasteiger partial charge in [-0.05, 0) is 53.1 Å². The van der Waals surface area contributed by atoms with Crippen molar-refractivity contribution < 1.29 is 4.79 Å². The van der Waals surface area contributed by atoms with E-state index in [0.717, 1.165) is 5.69 Å². The van der Waals surface area contributed by atoms with Crippen LogP contribution in [-0.4, -0.2) is 37.4 Å². The number of pyridine rings is 1. The van der Waals surface area contributed by atoms with Crippen LogP contribution in [-0.2, 0) is 0 Å². The SMILES string of the molecule is CSc1ncccc1C(=O)Nc1ccc(-n2cnnn2)cc1. The average Bonchev–Trinajstić information content (AvgIpc) is 3.10. The Bertz CT molecular complexity index is 772. The number of carbonyl (C=O) groups is 1. The maximum absolute atomic E-state index is 12.3. The first-order chi connectivity index (χ1) is 10.8. The Balaban J connectivity index is 1.77. The summed E-state index contributed by atoms with van der Waals surface area (Å²) in [4.78, 5) is 16.5. The molecule has 0 spiro atoms. The lowest BCUT2D eigenvalue weighted by Crippen LogP contribution is -2.13. The first kappa shape index (κ1) is 14.2. The van der Waals surface area contributed by atoms with E-state index >= 15 is 0 Å². The Hall–Kier alpha value is -2.74. The normalized spacial score (nSPS) is 10.4. The number of hydrogen-bond acceptors (Lipinski definition) is 6. The molecule has 3 rings (SSSR count). The summed E-state index contributed by atoms with van der Waals surface area (Å²) < 4.78 is 1.54. The zero-order chi connectivity index (χ0) is 15.4. The van der Waals surface area contributed by atoms with E-state index in [9.17, 15) is 4.79 Å². The number of hydrogen-bond donors (Lipinski definition) is 1. The van der Waals surface area contributed by atoms with Crippen LogP contribution in [0.4, 0.5) is 5.69 Å². The van der Waals surface area contributed by atoms with Crippen molar-refractivity contribution in [3.8, 4) is 5.69 Å². The van der Waals surface area contributed by atoms with Crippen LogP contribution in [0.3, 0.4) is 0 Å². The maximum Gasteiger partial charge on any atom is 0.258 e. The van der Waals surface area contributed by atoms with Crippen molar-refractivity contribution in [2.75, 3.05) is 11.6 Å². The second-order valence-corrected chi connectivity index (χ2v) is 5.11. The molecular weight excluding hydrogens is 300 g/mol. The molecule has 0 aliphatic heterocycles. The molecule has 0 aliphatic carbocycles. The molecule has 7 nitrogen and oxygen atoms in total. The van der Waals surface area contributed by atoms with E-state index in [4.69, 9.17) is 0 Å². The minimum Gasteiger partial charge on any atom is -0.322 e. The zero-order valence-electron chi connectivity index (χ0n) is 11.7. The lowest BCUT2D eigenvalue weighted by atomic mass is 10.2. The van der Waals surface area contributed by atoms with E-state index in [1.165, 1.54) is 18.1 Å². The number of carbonyl (C=O) groups excluding carboxylic acids is 1. The fraction of sp³-hybridized carbons (Fsp3) is 0.0714. The van der Waals surface area contributed by atoms with E-state index in [1.807, 2.05) is 18.4 Å². The van der Waals surface area contributed by atoms with Gasteiger partial charge >= 0.3 is 0 Å². The van der Waals surface area contributed by atoms with Crippen molar-refractivity contribution >= 4 is 23.4 Å². The van der Waals surface area contributed by atoms with Crippen LogP contribution in [0.2, 0.25) is 0 Å². The molecule has 0 saturated heterocycles. The van der Waals surface area contributed by atoms with E-state index in [0.29, 0.717) is 16.3 Å². The van der Waals surface area contributed by atoms with Crippen molar-refractivity contribution in [3.63, 3.8) is 0 Å². The van der Waals surface area contributed by atoms with Gasteiger partial charge in [-0.2, -0.15) is 0 Å². The Labute approximate surface area is 130 Å². The number of aromatic nitrogens is 5. The summed E-state index contributed by atoms with van der Waals surface area (Å²) in [6.07, 6.45) is 5.07. The number of rotatable bonds is 4. The predicted octanol–water partition coefficient (Wildman–Crippen LogP) is 2.03. The minimum absolute atomic E-state index is 0.187. The summed E-state index contributed by atoms with van der Waals surface area (Å²) in [5, 5.41) is 14.5. The highest BCUT2D eigenvalue weighted by atomic mass is 32.2. The molecule has 0 unspecified atom stereocenters. The van der Waals surface area contributed by atoms with Gasteiger partial charge in [0.1, 0.15) is 11.4 Å². The summed E-state index contributed by atoms with van der Waals surface area (Å²) in [7, 11) is 0. The Morgan fingerprint density at radius 3 is 2.73 bits per heavy atom. The summed E-state index contributed by atoms with van der Waals surface area (Å²) in [5.41, 5.74) is 2.06. The third kappa shape index (κ3) is 2.96. The highest BCUT2D eigenvalue weighted by molar-refractivity contribution is 7.98. The lowest BCUT2D eigenvalue weighted by molar-refractivity contribution is 0.102.